The Bertz CT molecular complexity index is 537. The van der Waals surface area contributed by atoms with Crippen molar-refractivity contribution in [2.75, 3.05) is 6.61 Å². The van der Waals surface area contributed by atoms with Crippen LogP contribution in [-0.2, 0) is 4.43 Å². The highest BCUT2D eigenvalue weighted by molar-refractivity contribution is 6.83. The molecule has 0 aliphatic carbocycles. The van der Waals surface area contributed by atoms with Gasteiger partial charge in [-0.1, -0.05) is 65.3 Å². The van der Waals surface area contributed by atoms with Crippen LogP contribution in [0, 0.1) is 29.7 Å². The SMILES string of the molecule is C#CC(=C\[C@@H](C)CO[Si](C)(C)C(C)(C)C)/C=C/C#C[Si](C)(C)C. The van der Waals surface area contributed by atoms with Gasteiger partial charge >= 0.3 is 0 Å². The van der Waals surface area contributed by atoms with Gasteiger partial charge in [0, 0.05) is 12.2 Å². The summed E-state index contributed by atoms with van der Waals surface area (Å²) in [5, 5.41) is 0.234. The van der Waals surface area contributed by atoms with Gasteiger partial charge in [0.15, 0.2) is 8.32 Å². The van der Waals surface area contributed by atoms with Crippen molar-refractivity contribution < 1.29 is 4.43 Å². The second kappa shape index (κ2) is 8.74. The highest BCUT2D eigenvalue weighted by Gasteiger charge is 2.37. The Morgan fingerprint density at radius 1 is 1.17 bits per heavy atom. The summed E-state index contributed by atoms with van der Waals surface area (Å²) in [5.74, 6) is 6.14. The molecule has 1 nitrogen and oxygen atoms in total. The van der Waals surface area contributed by atoms with Crippen LogP contribution >= 0.6 is 0 Å². The van der Waals surface area contributed by atoms with E-state index in [9.17, 15) is 0 Å². The Morgan fingerprint density at radius 2 is 1.74 bits per heavy atom. The summed E-state index contributed by atoms with van der Waals surface area (Å²) < 4.78 is 6.25. The monoisotopic (exact) mass is 346 g/mol. The third-order valence-electron chi connectivity index (χ3n) is 3.94. The molecule has 3 heteroatoms. The lowest BCUT2D eigenvalue weighted by Gasteiger charge is -2.36. The zero-order chi connectivity index (χ0) is 18.3. The number of hydrogen-bond acceptors (Lipinski definition) is 1. The third kappa shape index (κ3) is 9.66. The Morgan fingerprint density at radius 3 is 2.17 bits per heavy atom. The fraction of sp³-hybridized carbons (Fsp3) is 0.600. The van der Waals surface area contributed by atoms with Crippen LogP contribution in [0.4, 0.5) is 0 Å². The van der Waals surface area contributed by atoms with Crippen molar-refractivity contribution in [1.29, 1.82) is 0 Å². The molecule has 0 bridgehead atoms. The molecule has 0 spiro atoms. The molecule has 0 aromatic heterocycles. The Kier molecular flexibility index (Phi) is 8.35. The van der Waals surface area contributed by atoms with Crippen molar-refractivity contribution in [1.82, 2.24) is 0 Å². The maximum atomic E-state index is 6.25. The predicted molar refractivity (Wildman–Crippen MR) is 109 cm³/mol. The quantitative estimate of drug-likeness (QED) is 0.355. The van der Waals surface area contributed by atoms with E-state index in [4.69, 9.17) is 10.8 Å². The van der Waals surface area contributed by atoms with Crippen LogP contribution in [0.1, 0.15) is 27.7 Å². The smallest absolute Gasteiger partial charge is 0.192 e. The molecule has 23 heavy (non-hydrogen) atoms. The predicted octanol–water partition coefficient (Wildman–Crippen LogP) is 5.64. The fourth-order valence-electron chi connectivity index (χ4n) is 1.45. The molecular weight excluding hydrogens is 312 g/mol. The van der Waals surface area contributed by atoms with E-state index in [2.05, 4.69) is 83.9 Å². The highest BCUT2D eigenvalue weighted by atomic mass is 28.4. The molecule has 0 heterocycles. The summed E-state index contributed by atoms with van der Waals surface area (Å²) in [4.78, 5) is 0. The van der Waals surface area contributed by atoms with Crippen molar-refractivity contribution in [2.24, 2.45) is 5.92 Å². The molecule has 128 valence electrons. The standard InChI is InChI=1S/C20H34OSi2/c1-11-19(14-12-13-15-22(6,7)8)16-18(2)17-21-23(9,10)20(3,4)5/h1,12,14,16,18H,17H2,2-10H3/b14-12+,19-16+/t18-/m1/s1. The van der Waals surface area contributed by atoms with E-state index in [0.717, 1.165) is 12.2 Å². The molecule has 0 fully saturated rings. The first-order chi connectivity index (χ1) is 10.3. The Balaban J connectivity index is 4.78. The van der Waals surface area contributed by atoms with Crippen molar-refractivity contribution in [2.45, 2.75) is 65.5 Å². The summed E-state index contributed by atoms with van der Waals surface area (Å²) in [6, 6.07) is 0. The Labute approximate surface area is 146 Å². The van der Waals surface area contributed by atoms with Gasteiger partial charge in [-0.05, 0) is 36.2 Å². The summed E-state index contributed by atoms with van der Waals surface area (Å²) >= 11 is 0. The van der Waals surface area contributed by atoms with Gasteiger partial charge in [0.1, 0.15) is 8.07 Å². The van der Waals surface area contributed by atoms with Crippen molar-refractivity contribution in [3.8, 4) is 23.8 Å². The summed E-state index contributed by atoms with van der Waals surface area (Å²) in [5.41, 5.74) is 4.18. The van der Waals surface area contributed by atoms with Gasteiger partial charge in [0.05, 0.1) is 0 Å². The minimum atomic E-state index is -1.70. The average Bonchev–Trinajstić information content (AvgIpc) is 2.37. The van der Waals surface area contributed by atoms with E-state index in [-0.39, 0.29) is 5.04 Å². The molecule has 0 amide bonds. The number of terminal acetylenes is 1. The molecule has 0 radical (unpaired) electrons. The van der Waals surface area contributed by atoms with E-state index in [0.29, 0.717) is 5.92 Å². The van der Waals surface area contributed by atoms with Crippen LogP contribution in [0.25, 0.3) is 0 Å². The molecule has 1 atom stereocenters. The van der Waals surface area contributed by atoms with Gasteiger partial charge in [-0.3, -0.25) is 0 Å². The minimum Gasteiger partial charge on any atom is -0.416 e. The first-order valence-electron chi connectivity index (χ1n) is 8.30. The van der Waals surface area contributed by atoms with E-state index >= 15 is 0 Å². The van der Waals surface area contributed by atoms with Gasteiger partial charge in [-0.2, -0.15) is 0 Å². The second-order valence-electron chi connectivity index (χ2n) is 8.67. The number of allylic oxidation sites excluding steroid dienone is 3. The van der Waals surface area contributed by atoms with Crippen LogP contribution < -0.4 is 0 Å². The summed E-state index contributed by atoms with van der Waals surface area (Å²) in [6.07, 6.45) is 11.5. The summed E-state index contributed by atoms with van der Waals surface area (Å²) in [6.45, 7) is 20.9. The zero-order valence-electron chi connectivity index (χ0n) is 16.5. The number of hydrogen-bond donors (Lipinski definition) is 0. The van der Waals surface area contributed by atoms with Gasteiger partial charge in [0.25, 0.3) is 0 Å². The zero-order valence-corrected chi connectivity index (χ0v) is 18.5. The molecule has 0 aliphatic heterocycles. The molecule has 0 saturated heterocycles. The molecule has 0 rings (SSSR count). The number of rotatable bonds is 5. The van der Waals surface area contributed by atoms with Gasteiger partial charge in [-0.15, -0.1) is 12.0 Å². The molecule has 0 aromatic rings. The maximum Gasteiger partial charge on any atom is 0.192 e. The minimum absolute atomic E-state index is 0.234. The van der Waals surface area contributed by atoms with E-state index in [1.165, 1.54) is 0 Å². The van der Waals surface area contributed by atoms with Gasteiger partial charge in [-0.25, -0.2) is 0 Å². The third-order valence-corrected chi connectivity index (χ3v) is 9.33. The lowest BCUT2D eigenvalue weighted by molar-refractivity contribution is 0.259. The first kappa shape index (κ1) is 22.0. The van der Waals surface area contributed by atoms with Crippen molar-refractivity contribution >= 4 is 16.4 Å². The summed E-state index contributed by atoms with van der Waals surface area (Å²) in [7, 11) is -3.02. The highest BCUT2D eigenvalue weighted by Crippen LogP contribution is 2.36. The van der Waals surface area contributed by atoms with Crippen LogP contribution in [0.5, 0.6) is 0 Å². The molecule has 0 aliphatic rings. The molecule has 0 unspecified atom stereocenters. The van der Waals surface area contributed by atoms with Crippen LogP contribution in [0.15, 0.2) is 23.8 Å². The van der Waals surface area contributed by atoms with Crippen molar-refractivity contribution in [3.05, 3.63) is 23.8 Å². The molecular formula is C20H34OSi2. The van der Waals surface area contributed by atoms with Gasteiger partial charge < -0.3 is 4.43 Å². The van der Waals surface area contributed by atoms with Crippen molar-refractivity contribution in [3.63, 3.8) is 0 Å². The van der Waals surface area contributed by atoms with E-state index < -0.39 is 16.4 Å². The maximum absolute atomic E-state index is 6.25. The second-order valence-corrected chi connectivity index (χ2v) is 18.2. The van der Waals surface area contributed by atoms with Crippen LogP contribution in [0.2, 0.25) is 37.8 Å². The lowest BCUT2D eigenvalue weighted by atomic mass is 10.1. The molecule has 0 N–H and O–H groups in total. The van der Waals surface area contributed by atoms with Crippen LogP contribution in [0.3, 0.4) is 0 Å². The van der Waals surface area contributed by atoms with Crippen LogP contribution in [-0.4, -0.2) is 23.0 Å². The van der Waals surface area contributed by atoms with E-state index in [1.807, 2.05) is 12.2 Å². The molecule has 0 saturated carbocycles. The Hall–Kier alpha value is -1.01. The molecule has 0 aromatic carbocycles. The average molecular weight is 347 g/mol. The lowest BCUT2D eigenvalue weighted by Crippen LogP contribution is -2.41. The van der Waals surface area contributed by atoms with E-state index in [1.54, 1.807) is 0 Å². The largest absolute Gasteiger partial charge is 0.416 e. The van der Waals surface area contributed by atoms with Gasteiger partial charge in [0.2, 0.25) is 0 Å². The topological polar surface area (TPSA) is 9.23 Å². The normalized spacial score (nSPS) is 15.0. The first-order valence-corrected chi connectivity index (χ1v) is 14.7. The fourth-order valence-corrected chi connectivity index (χ4v) is 3.08.